The van der Waals surface area contributed by atoms with Crippen molar-refractivity contribution < 1.29 is 9.59 Å². The highest BCUT2D eigenvalue weighted by Crippen LogP contribution is 2.33. The molecular weight excluding hydrogens is 296 g/mol. The Balaban J connectivity index is 2.10. The minimum Gasteiger partial charge on any atom is -0.344 e. The summed E-state index contributed by atoms with van der Waals surface area (Å²) in [6, 6.07) is 17.2. The molecule has 0 saturated heterocycles. The molecule has 0 aliphatic carbocycles. The Morgan fingerprint density at radius 2 is 1.68 bits per heavy atom. The third-order valence-corrected chi connectivity index (χ3v) is 3.80. The van der Waals surface area contributed by atoms with Gasteiger partial charge in [-0.25, -0.2) is 0 Å². The number of nitrogens with one attached hydrogen (secondary N) is 2. The summed E-state index contributed by atoms with van der Waals surface area (Å²) in [5.41, 5.74) is 0.607. The van der Waals surface area contributed by atoms with Gasteiger partial charge in [0.25, 0.3) is 0 Å². The molecule has 112 valence electrons. The fourth-order valence-electron chi connectivity index (χ4n) is 1.70. The molecule has 4 nitrogen and oxygen atoms in total. The summed E-state index contributed by atoms with van der Waals surface area (Å²) < 4.78 is 0. The molecule has 22 heavy (non-hydrogen) atoms. The number of carbonyl (C=O) groups excluding carboxylic acids is 2. The van der Waals surface area contributed by atoms with Crippen molar-refractivity contribution in [2.45, 2.75) is 9.79 Å². The maximum absolute atomic E-state index is 11.9. The Morgan fingerprint density at radius 1 is 1.00 bits per heavy atom. The number of hydrogen-bond donors (Lipinski definition) is 2. The van der Waals surface area contributed by atoms with E-state index >= 15 is 0 Å². The van der Waals surface area contributed by atoms with E-state index < -0.39 is 11.8 Å². The Labute approximate surface area is 133 Å². The van der Waals surface area contributed by atoms with Crippen LogP contribution in [0.25, 0.3) is 0 Å². The summed E-state index contributed by atoms with van der Waals surface area (Å²) in [6.07, 6.45) is 1.52. The van der Waals surface area contributed by atoms with Gasteiger partial charge in [0.2, 0.25) is 0 Å². The zero-order chi connectivity index (χ0) is 15.8. The fraction of sp³-hybridized carbons (Fsp3) is 0.0588. The van der Waals surface area contributed by atoms with Gasteiger partial charge in [-0.2, -0.15) is 0 Å². The molecule has 2 amide bonds. The Kier molecular flexibility index (Phi) is 5.80. The van der Waals surface area contributed by atoms with Crippen LogP contribution in [-0.2, 0) is 9.59 Å². The first-order valence-corrected chi connectivity index (χ1v) is 7.54. The van der Waals surface area contributed by atoms with Crippen LogP contribution in [0, 0.1) is 0 Å². The van der Waals surface area contributed by atoms with Crippen LogP contribution in [0.15, 0.2) is 77.0 Å². The SMILES string of the molecule is C=CCNC(=O)C(=O)Nc1ccccc1Sc1ccccc1. The lowest BCUT2D eigenvalue weighted by Gasteiger charge is -2.10. The quantitative estimate of drug-likeness (QED) is 0.659. The molecule has 0 heterocycles. The van der Waals surface area contributed by atoms with Crippen LogP contribution < -0.4 is 10.6 Å². The smallest absolute Gasteiger partial charge is 0.313 e. The third kappa shape index (κ3) is 4.49. The van der Waals surface area contributed by atoms with Crippen molar-refractivity contribution in [3.05, 3.63) is 67.3 Å². The van der Waals surface area contributed by atoms with Gasteiger partial charge in [0.1, 0.15) is 0 Å². The Morgan fingerprint density at radius 3 is 2.41 bits per heavy atom. The maximum Gasteiger partial charge on any atom is 0.313 e. The zero-order valence-electron chi connectivity index (χ0n) is 11.9. The first kappa shape index (κ1) is 15.9. The molecule has 2 N–H and O–H groups in total. The van der Waals surface area contributed by atoms with Crippen molar-refractivity contribution in [1.82, 2.24) is 5.32 Å². The number of carbonyl (C=O) groups is 2. The maximum atomic E-state index is 11.9. The first-order valence-electron chi connectivity index (χ1n) is 6.72. The number of benzene rings is 2. The van der Waals surface area contributed by atoms with Gasteiger partial charge in [-0.1, -0.05) is 48.2 Å². The van der Waals surface area contributed by atoms with E-state index in [1.165, 1.54) is 17.8 Å². The Bertz CT molecular complexity index is 671. The van der Waals surface area contributed by atoms with Crippen LogP contribution in [0.4, 0.5) is 5.69 Å². The molecular formula is C17H16N2O2S. The predicted molar refractivity (Wildman–Crippen MR) is 88.8 cm³/mol. The monoisotopic (exact) mass is 312 g/mol. The second kappa shape index (κ2) is 8.05. The van der Waals surface area contributed by atoms with E-state index in [0.717, 1.165) is 9.79 Å². The molecule has 0 saturated carbocycles. The van der Waals surface area contributed by atoms with Gasteiger partial charge < -0.3 is 10.6 Å². The lowest BCUT2D eigenvalue weighted by Crippen LogP contribution is -2.35. The van der Waals surface area contributed by atoms with Crippen LogP contribution in [0.2, 0.25) is 0 Å². The molecule has 0 fully saturated rings. The van der Waals surface area contributed by atoms with Gasteiger partial charge in [-0.15, -0.1) is 6.58 Å². The molecule has 2 aromatic carbocycles. The standard InChI is InChI=1S/C17H16N2O2S/c1-2-12-18-16(20)17(21)19-14-10-6-7-11-15(14)22-13-8-4-3-5-9-13/h2-11H,1,12H2,(H,18,20)(H,19,21). The molecule has 0 bridgehead atoms. The summed E-state index contributed by atoms with van der Waals surface area (Å²) in [5.74, 6) is -1.37. The predicted octanol–water partition coefficient (Wildman–Crippen LogP) is 3.08. The number of rotatable bonds is 5. The highest BCUT2D eigenvalue weighted by atomic mass is 32.2. The number of para-hydroxylation sites is 1. The van der Waals surface area contributed by atoms with E-state index in [1.54, 1.807) is 6.07 Å². The van der Waals surface area contributed by atoms with Gasteiger partial charge in [-0.05, 0) is 24.3 Å². The van der Waals surface area contributed by atoms with Gasteiger partial charge in [0, 0.05) is 16.3 Å². The minimum absolute atomic E-state index is 0.257. The normalized spacial score (nSPS) is 9.82. The van der Waals surface area contributed by atoms with Crippen molar-refractivity contribution >= 4 is 29.3 Å². The second-order valence-electron chi connectivity index (χ2n) is 4.36. The third-order valence-electron chi connectivity index (χ3n) is 2.72. The van der Waals surface area contributed by atoms with Crippen LogP contribution in [-0.4, -0.2) is 18.4 Å². The van der Waals surface area contributed by atoms with E-state index in [2.05, 4.69) is 17.2 Å². The largest absolute Gasteiger partial charge is 0.344 e. The molecule has 2 rings (SSSR count). The van der Waals surface area contributed by atoms with Gasteiger partial charge in [0.05, 0.1) is 5.69 Å². The second-order valence-corrected chi connectivity index (χ2v) is 5.48. The summed E-state index contributed by atoms with van der Waals surface area (Å²) in [7, 11) is 0. The highest BCUT2D eigenvalue weighted by Gasteiger charge is 2.14. The molecule has 0 aliphatic rings. The summed E-state index contributed by atoms with van der Waals surface area (Å²) >= 11 is 1.52. The van der Waals surface area contributed by atoms with E-state index in [4.69, 9.17) is 0 Å². The lowest BCUT2D eigenvalue weighted by molar-refractivity contribution is -0.136. The molecule has 0 aliphatic heterocycles. The van der Waals surface area contributed by atoms with Crippen LogP contribution >= 0.6 is 11.8 Å². The van der Waals surface area contributed by atoms with Crippen molar-refractivity contribution in [2.24, 2.45) is 0 Å². The molecule has 0 aromatic heterocycles. The zero-order valence-corrected chi connectivity index (χ0v) is 12.7. The van der Waals surface area contributed by atoms with Crippen molar-refractivity contribution in [3.63, 3.8) is 0 Å². The van der Waals surface area contributed by atoms with Crippen LogP contribution in [0.3, 0.4) is 0 Å². The average Bonchev–Trinajstić information content (AvgIpc) is 2.55. The molecule has 0 spiro atoms. The molecule has 2 aromatic rings. The van der Waals surface area contributed by atoms with Crippen LogP contribution in [0.1, 0.15) is 0 Å². The summed E-state index contributed by atoms with van der Waals surface area (Å²) in [4.78, 5) is 25.4. The summed E-state index contributed by atoms with van der Waals surface area (Å²) in [6.45, 7) is 3.74. The number of amides is 2. The van der Waals surface area contributed by atoms with Crippen molar-refractivity contribution in [2.75, 3.05) is 11.9 Å². The first-order chi connectivity index (χ1) is 10.7. The van der Waals surface area contributed by atoms with Gasteiger partial charge in [0.15, 0.2) is 0 Å². The molecule has 5 heteroatoms. The average molecular weight is 312 g/mol. The number of anilines is 1. The molecule has 0 radical (unpaired) electrons. The lowest BCUT2D eigenvalue weighted by atomic mass is 10.3. The van der Waals surface area contributed by atoms with Crippen molar-refractivity contribution in [1.29, 1.82) is 0 Å². The highest BCUT2D eigenvalue weighted by molar-refractivity contribution is 7.99. The van der Waals surface area contributed by atoms with E-state index in [9.17, 15) is 9.59 Å². The van der Waals surface area contributed by atoms with Gasteiger partial charge in [-0.3, -0.25) is 9.59 Å². The molecule has 0 atom stereocenters. The number of hydrogen-bond acceptors (Lipinski definition) is 3. The van der Waals surface area contributed by atoms with Gasteiger partial charge >= 0.3 is 11.8 Å². The van der Waals surface area contributed by atoms with E-state index in [1.807, 2.05) is 48.5 Å². The van der Waals surface area contributed by atoms with Crippen molar-refractivity contribution in [3.8, 4) is 0 Å². The van der Waals surface area contributed by atoms with E-state index in [0.29, 0.717) is 5.69 Å². The molecule has 0 unspecified atom stereocenters. The minimum atomic E-state index is -0.692. The summed E-state index contributed by atoms with van der Waals surface area (Å²) in [5, 5.41) is 5.08. The van der Waals surface area contributed by atoms with E-state index in [-0.39, 0.29) is 6.54 Å². The Hall–Kier alpha value is -2.53. The fourth-order valence-corrected chi connectivity index (χ4v) is 2.62. The van der Waals surface area contributed by atoms with Crippen LogP contribution in [0.5, 0.6) is 0 Å². The topological polar surface area (TPSA) is 58.2 Å².